The fourth-order valence-corrected chi connectivity index (χ4v) is 8.24. The number of nitrogens with one attached hydrogen (secondary N) is 3. The Morgan fingerprint density at radius 1 is 0.824 bits per heavy atom. The fourth-order valence-electron chi connectivity index (χ4n) is 5.88. The van der Waals surface area contributed by atoms with Gasteiger partial charge >= 0.3 is 5.97 Å². The van der Waals surface area contributed by atoms with Gasteiger partial charge in [-0.1, -0.05) is 78.9 Å². The van der Waals surface area contributed by atoms with Crippen LogP contribution in [-0.4, -0.2) is 30.8 Å². The molecule has 0 saturated heterocycles. The van der Waals surface area contributed by atoms with Crippen LogP contribution in [0.2, 0.25) is 0 Å². The molecule has 51 heavy (non-hydrogen) atoms. The van der Waals surface area contributed by atoms with Gasteiger partial charge in [-0.2, -0.15) is 0 Å². The number of hydrogen-bond donors (Lipinski definition) is 3. The van der Waals surface area contributed by atoms with E-state index in [-0.39, 0.29) is 11.6 Å². The summed E-state index contributed by atoms with van der Waals surface area (Å²) in [6.07, 6.45) is 5.33. The highest BCUT2D eigenvalue weighted by Crippen LogP contribution is 2.41. The highest BCUT2D eigenvalue weighted by Gasteiger charge is 2.30. The molecule has 3 N–H and O–H groups in total. The molecule has 1 atom stereocenters. The molecule has 3 amide bonds. The highest BCUT2D eigenvalue weighted by molar-refractivity contribution is 8.00. The average molecular weight is 716 g/mol. The lowest BCUT2D eigenvalue weighted by Crippen LogP contribution is -2.30. The minimum absolute atomic E-state index is 0.0813. The summed E-state index contributed by atoms with van der Waals surface area (Å²) in [5.74, 6) is -1.64. The zero-order chi connectivity index (χ0) is 35.7. The summed E-state index contributed by atoms with van der Waals surface area (Å²) in [7, 11) is 1.36. The van der Waals surface area contributed by atoms with E-state index in [0.717, 1.165) is 57.7 Å². The molecule has 1 unspecified atom stereocenters. The Morgan fingerprint density at radius 3 is 2.27 bits per heavy atom. The molecule has 6 rings (SSSR count). The summed E-state index contributed by atoms with van der Waals surface area (Å²) >= 11 is 2.77. The van der Waals surface area contributed by atoms with E-state index in [1.54, 1.807) is 48.5 Å². The van der Waals surface area contributed by atoms with Crippen LogP contribution in [0.1, 0.15) is 65.9 Å². The highest BCUT2D eigenvalue weighted by atomic mass is 32.2. The molecule has 258 valence electrons. The molecule has 0 radical (unpaired) electrons. The average Bonchev–Trinajstić information content (AvgIpc) is 3.52. The summed E-state index contributed by atoms with van der Waals surface area (Å²) in [4.78, 5) is 55.7. The topological polar surface area (TPSA) is 114 Å². The molecule has 0 saturated carbocycles. The maximum absolute atomic E-state index is 14.1. The van der Waals surface area contributed by atoms with Crippen molar-refractivity contribution in [2.75, 3.05) is 17.7 Å². The summed E-state index contributed by atoms with van der Waals surface area (Å²) in [5, 5.41) is 8.61. The van der Waals surface area contributed by atoms with Gasteiger partial charge in [-0.05, 0) is 91.3 Å². The van der Waals surface area contributed by atoms with Crippen molar-refractivity contribution in [1.82, 2.24) is 5.32 Å². The van der Waals surface area contributed by atoms with Gasteiger partial charge in [-0.3, -0.25) is 14.4 Å². The Balaban J connectivity index is 1.25. The quantitative estimate of drug-likeness (QED) is 0.0717. The smallest absolute Gasteiger partial charge is 0.341 e. The molecule has 0 fully saturated rings. The van der Waals surface area contributed by atoms with Crippen LogP contribution in [0.5, 0.6) is 0 Å². The number of carbonyl (C=O) groups is 4. The van der Waals surface area contributed by atoms with Crippen molar-refractivity contribution < 1.29 is 23.9 Å². The van der Waals surface area contributed by atoms with E-state index < -0.39 is 23.0 Å². The summed E-state index contributed by atoms with van der Waals surface area (Å²) in [5.41, 5.74) is 4.92. The van der Waals surface area contributed by atoms with Crippen molar-refractivity contribution in [3.8, 4) is 0 Å². The lowest BCUT2D eigenvalue weighted by Gasteiger charge is -2.18. The predicted octanol–water partition coefficient (Wildman–Crippen LogP) is 8.60. The van der Waals surface area contributed by atoms with Crippen LogP contribution in [0.15, 0.2) is 120 Å². The van der Waals surface area contributed by atoms with Crippen molar-refractivity contribution in [3.05, 3.63) is 153 Å². The Morgan fingerprint density at radius 2 is 1.53 bits per heavy atom. The Bertz CT molecular complexity index is 2090. The zero-order valence-electron chi connectivity index (χ0n) is 28.2. The molecule has 1 aliphatic carbocycles. The lowest BCUT2D eigenvalue weighted by atomic mass is 9.95. The van der Waals surface area contributed by atoms with E-state index in [2.05, 4.69) is 16.0 Å². The van der Waals surface area contributed by atoms with E-state index in [1.165, 1.54) is 30.2 Å². The van der Waals surface area contributed by atoms with Crippen molar-refractivity contribution in [2.24, 2.45) is 0 Å². The van der Waals surface area contributed by atoms with Crippen LogP contribution in [-0.2, 0) is 27.2 Å². The number of rotatable bonds is 11. The molecule has 4 aromatic carbocycles. The molecule has 0 aliphatic heterocycles. The molecule has 1 aromatic heterocycles. The third-order valence-corrected chi connectivity index (χ3v) is 11.0. The number of ether oxygens (including phenoxy) is 1. The van der Waals surface area contributed by atoms with E-state index in [4.69, 9.17) is 4.74 Å². The maximum atomic E-state index is 14.1. The number of fused-ring (bicyclic) bond motifs is 1. The van der Waals surface area contributed by atoms with Crippen molar-refractivity contribution in [2.45, 2.75) is 42.8 Å². The minimum atomic E-state index is -0.677. The molecule has 1 aliphatic rings. The predicted molar refractivity (Wildman–Crippen MR) is 204 cm³/mol. The monoisotopic (exact) mass is 715 g/mol. The second kappa shape index (κ2) is 16.5. The van der Waals surface area contributed by atoms with E-state index in [0.29, 0.717) is 21.8 Å². The van der Waals surface area contributed by atoms with Gasteiger partial charge < -0.3 is 20.7 Å². The molecule has 0 bridgehead atoms. The standard InChI is InChI=1S/C41H37N3O5S2/c1-26-14-9-10-19-29(26)24-33(43-37(45)28-17-7-4-8-18-28)38(46)42-30-20-13-21-31(25-30)50-36(27-15-5-3-6-16-27)39(47)44-40-35(41(48)49-2)32-22-11-12-23-34(32)51-40/h3-10,13-21,24-25,36H,11-12,22-23H2,1-2H3,(H,42,46)(H,43,45)(H,44,47)/b33-24-. The number of methoxy groups -OCH3 is 1. The van der Waals surface area contributed by atoms with E-state index in [9.17, 15) is 19.2 Å². The van der Waals surface area contributed by atoms with E-state index in [1.807, 2.05) is 73.7 Å². The van der Waals surface area contributed by atoms with Gasteiger partial charge in [0.15, 0.2) is 0 Å². The number of benzene rings is 4. The van der Waals surface area contributed by atoms with Crippen molar-refractivity contribution in [3.63, 3.8) is 0 Å². The Hall–Kier alpha value is -5.45. The summed E-state index contributed by atoms with van der Waals surface area (Å²) < 4.78 is 5.12. The van der Waals surface area contributed by atoms with Gasteiger partial charge in [0.05, 0.1) is 12.7 Å². The second-order valence-electron chi connectivity index (χ2n) is 12.0. The number of amides is 3. The molecule has 8 nitrogen and oxygen atoms in total. The van der Waals surface area contributed by atoms with Crippen LogP contribution in [0.4, 0.5) is 10.7 Å². The summed E-state index contributed by atoms with van der Waals surface area (Å²) in [6.45, 7) is 1.93. The fraction of sp³-hybridized carbons (Fsp3) is 0.171. The number of aryl methyl sites for hydroxylation is 2. The van der Waals surface area contributed by atoms with Gasteiger partial charge in [-0.15, -0.1) is 23.1 Å². The minimum Gasteiger partial charge on any atom is -0.465 e. The van der Waals surface area contributed by atoms with Crippen LogP contribution < -0.4 is 16.0 Å². The largest absolute Gasteiger partial charge is 0.465 e. The number of hydrogen-bond acceptors (Lipinski definition) is 7. The molecule has 5 aromatic rings. The first-order valence-electron chi connectivity index (χ1n) is 16.6. The third kappa shape index (κ3) is 8.65. The Kier molecular flexibility index (Phi) is 11.4. The second-order valence-corrected chi connectivity index (χ2v) is 14.3. The number of anilines is 2. The van der Waals surface area contributed by atoms with E-state index >= 15 is 0 Å². The van der Waals surface area contributed by atoms with Crippen molar-refractivity contribution >= 4 is 63.6 Å². The van der Waals surface area contributed by atoms with Crippen LogP contribution in [0.3, 0.4) is 0 Å². The number of thiophene rings is 1. The molecular formula is C41H37N3O5S2. The molecule has 1 heterocycles. The van der Waals surface area contributed by atoms with Gasteiger partial charge in [0.25, 0.3) is 11.8 Å². The first kappa shape index (κ1) is 35.4. The normalized spacial score (nSPS) is 13.0. The third-order valence-electron chi connectivity index (χ3n) is 8.50. The van der Waals surface area contributed by atoms with Crippen LogP contribution in [0, 0.1) is 6.92 Å². The Labute approximate surface area is 305 Å². The van der Waals surface area contributed by atoms with Gasteiger partial charge in [0.1, 0.15) is 15.9 Å². The lowest BCUT2D eigenvalue weighted by molar-refractivity contribution is -0.116. The zero-order valence-corrected chi connectivity index (χ0v) is 29.9. The molecule has 0 spiro atoms. The van der Waals surface area contributed by atoms with Gasteiger partial charge in [0.2, 0.25) is 5.91 Å². The van der Waals surface area contributed by atoms with Crippen LogP contribution in [0.25, 0.3) is 6.08 Å². The van der Waals surface area contributed by atoms with Crippen LogP contribution >= 0.6 is 23.1 Å². The number of esters is 1. The van der Waals surface area contributed by atoms with Gasteiger partial charge in [-0.25, -0.2) is 4.79 Å². The molecular weight excluding hydrogens is 679 g/mol. The number of thioether (sulfide) groups is 1. The van der Waals surface area contributed by atoms with Crippen molar-refractivity contribution in [1.29, 1.82) is 0 Å². The maximum Gasteiger partial charge on any atom is 0.341 e. The molecule has 10 heteroatoms. The first-order valence-corrected chi connectivity index (χ1v) is 18.3. The first-order chi connectivity index (χ1) is 24.8. The SMILES string of the molecule is COC(=O)c1c(NC(=O)C(Sc2cccc(NC(=O)/C(=C/c3ccccc3C)NC(=O)c3ccccc3)c2)c2ccccc2)sc2c1CCCC2. The number of carbonyl (C=O) groups excluding carboxylic acids is 4. The summed E-state index contributed by atoms with van der Waals surface area (Å²) in [6, 6.07) is 32.9. The van der Waals surface area contributed by atoms with Gasteiger partial charge in [0, 0.05) is 21.0 Å².